The second kappa shape index (κ2) is 4.48. The molecular weight excluding hydrogens is 240 g/mol. The van der Waals surface area contributed by atoms with Crippen LogP contribution < -0.4 is 10.6 Å². The van der Waals surface area contributed by atoms with Crippen LogP contribution in [0.15, 0.2) is 0 Å². The summed E-state index contributed by atoms with van der Waals surface area (Å²) < 4.78 is 0. The average molecular weight is 256 g/mol. The van der Waals surface area contributed by atoms with Crippen molar-refractivity contribution in [1.82, 2.24) is 20.4 Å². The molecule has 0 radical (unpaired) electrons. The molecule has 2 fully saturated rings. The third-order valence-corrected chi connectivity index (χ3v) is 3.51. The lowest BCUT2D eigenvalue weighted by molar-refractivity contribution is -0.127. The van der Waals surface area contributed by atoms with E-state index in [0.29, 0.717) is 5.11 Å². The number of hydrogen-bond acceptors (Lipinski definition) is 3. The molecule has 0 aromatic heterocycles. The Labute approximate surface area is 105 Å². The van der Waals surface area contributed by atoms with Crippen molar-refractivity contribution in [3.63, 3.8) is 0 Å². The van der Waals surface area contributed by atoms with Gasteiger partial charge in [-0.2, -0.15) is 0 Å². The van der Waals surface area contributed by atoms with E-state index < -0.39 is 6.04 Å². The minimum absolute atomic E-state index is 0.276. The summed E-state index contributed by atoms with van der Waals surface area (Å²) in [6.07, 6.45) is 1.66. The lowest BCUT2D eigenvalue weighted by Gasteiger charge is -2.35. The molecule has 2 saturated heterocycles. The molecule has 94 valence electrons. The molecule has 17 heavy (non-hydrogen) atoms. The molecule has 2 N–H and O–H groups in total. The number of nitrogens with one attached hydrogen (secondary N) is 2. The van der Waals surface area contributed by atoms with E-state index in [0.717, 1.165) is 19.4 Å². The summed E-state index contributed by atoms with van der Waals surface area (Å²) in [5, 5.41) is 5.91. The van der Waals surface area contributed by atoms with E-state index >= 15 is 0 Å². The van der Waals surface area contributed by atoms with E-state index in [-0.39, 0.29) is 18.1 Å². The number of imide groups is 1. The van der Waals surface area contributed by atoms with Crippen molar-refractivity contribution in [2.75, 3.05) is 13.6 Å². The van der Waals surface area contributed by atoms with Gasteiger partial charge in [0.2, 0.25) is 0 Å². The van der Waals surface area contributed by atoms with E-state index in [9.17, 15) is 9.59 Å². The van der Waals surface area contributed by atoms with Gasteiger partial charge in [-0.05, 0) is 18.6 Å². The summed E-state index contributed by atoms with van der Waals surface area (Å²) in [4.78, 5) is 26.7. The van der Waals surface area contributed by atoms with Gasteiger partial charge in [0, 0.05) is 13.6 Å². The fourth-order valence-corrected chi connectivity index (χ4v) is 2.47. The maximum absolute atomic E-state index is 11.9. The van der Waals surface area contributed by atoms with E-state index in [2.05, 4.69) is 17.6 Å². The van der Waals surface area contributed by atoms with Crippen LogP contribution in [0.4, 0.5) is 4.79 Å². The van der Waals surface area contributed by atoms with Crippen LogP contribution in [0.3, 0.4) is 0 Å². The number of rotatable bonds is 3. The Kier molecular flexibility index (Phi) is 3.19. The third kappa shape index (κ3) is 1.95. The Balaban J connectivity index is 2.19. The highest BCUT2D eigenvalue weighted by Crippen LogP contribution is 2.20. The van der Waals surface area contributed by atoms with Gasteiger partial charge in [-0.3, -0.25) is 10.1 Å². The topological polar surface area (TPSA) is 64.7 Å². The highest BCUT2D eigenvalue weighted by molar-refractivity contribution is 7.80. The molecule has 6 nitrogen and oxygen atoms in total. The number of urea groups is 1. The van der Waals surface area contributed by atoms with E-state index in [4.69, 9.17) is 12.2 Å². The summed E-state index contributed by atoms with van der Waals surface area (Å²) in [6, 6.07) is -0.791. The molecule has 0 aliphatic carbocycles. The number of unbranched alkanes of at least 4 members (excludes halogenated alkanes) is 1. The van der Waals surface area contributed by atoms with Crippen molar-refractivity contribution >= 4 is 29.3 Å². The number of carbonyl (C=O) groups is 2. The van der Waals surface area contributed by atoms with Gasteiger partial charge in [0.25, 0.3) is 5.91 Å². The summed E-state index contributed by atoms with van der Waals surface area (Å²) in [5.41, 5.74) is 0. The molecule has 2 rings (SSSR count). The first-order valence-corrected chi connectivity index (χ1v) is 6.12. The Bertz CT molecular complexity index is 373. The fourth-order valence-electron chi connectivity index (χ4n) is 2.14. The van der Waals surface area contributed by atoms with Gasteiger partial charge >= 0.3 is 6.03 Å². The van der Waals surface area contributed by atoms with Gasteiger partial charge in [0.15, 0.2) is 5.11 Å². The highest BCUT2D eigenvalue weighted by Gasteiger charge is 2.48. The van der Waals surface area contributed by atoms with Crippen LogP contribution in [0.25, 0.3) is 0 Å². The number of carbonyl (C=O) groups excluding carboxylic acids is 2. The molecule has 2 aliphatic rings. The van der Waals surface area contributed by atoms with Crippen LogP contribution >= 0.6 is 12.2 Å². The molecule has 0 spiro atoms. The lowest BCUT2D eigenvalue weighted by Crippen LogP contribution is -2.64. The van der Waals surface area contributed by atoms with Crippen LogP contribution in [0.1, 0.15) is 19.8 Å². The number of nitrogens with zero attached hydrogens (tertiary/aromatic N) is 2. The van der Waals surface area contributed by atoms with Crippen molar-refractivity contribution in [2.24, 2.45) is 0 Å². The van der Waals surface area contributed by atoms with Gasteiger partial charge in [-0.25, -0.2) is 4.79 Å². The molecule has 2 heterocycles. The fraction of sp³-hybridized carbons (Fsp3) is 0.700. The first kappa shape index (κ1) is 12.1. The van der Waals surface area contributed by atoms with E-state index in [1.54, 1.807) is 7.05 Å². The molecule has 2 aliphatic heterocycles. The Hall–Kier alpha value is -1.37. The molecule has 3 amide bonds. The van der Waals surface area contributed by atoms with Gasteiger partial charge in [0.1, 0.15) is 12.2 Å². The second-order valence-electron chi connectivity index (χ2n) is 4.29. The number of amides is 3. The largest absolute Gasteiger partial charge is 0.340 e. The molecule has 0 aromatic rings. The summed E-state index contributed by atoms with van der Waals surface area (Å²) >= 11 is 5.21. The lowest BCUT2D eigenvalue weighted by atomic mass is 10.1. The van der Waals surface area contributed by atoms with Crippen LogP contribution in [0.2, 0.25) is 0 Å². The molecule has 2 atom stereocenters. The van der Waals surface area contributed by atoms with Crippen molar-refractivity contribution in [2.45, 2.75) is 32.0 Å². The van der Waals surface area contributed by atoms with E-state index in [1.165, 1.54) is 4.90 Å². The molecule has 2 unspecified atom stereocenters. The standard InChI is InChI=1S/C10H16N4O2S/c1-3-4-5-14-6-7(11-10(14)17)13(2)9(16)12-8(6)15/h6-7H,3-5H2,1-2H3,(H,11,17)(H,12,15,16). The first-order valence-electron chi connectivity index (χ1n) is 5.71. The van der Waals surface area contributed by atoms with Gasteiger partial charge in [0.05, 0.1) is 0 Å². The smallest absolute Gasteiger partial charge is 0.325 e. The molecular formula is C10H16N4O2S. The minimum Gasteiger partial charge on any atom is -0.340 e. The Morgan fingerprint density at radius 2 is 2.12 bits per heavy atom. The van der Waals surface area contributed by atoms with Crippen molar-refractivity contribution in [3.8, 4) is 0 Å². The Morgan fingerprint density at radius 1 is 1.41 bits per heavy atom. The zero-order valence-corrected chi connectivity index (χ0v) is 10.7. The average Bonchev–Trinajstić information content (AvgIpc) is 2.61. The van der Waals surface area contributed by atoms with Crippen LogP contribution in [-0.4, -0.2) is 52.7 Å². The van der Waals surface area contributed by atoms with Crippen molar-refractivity contribution < 1.29 is 9.59 Å². The zero-order valence-electron chi connectivity index (χ0n) is 9.90. The maximum Gasteiger partial charge on any atom is 0.325 e. The zero-order chi connectivity index (χ0) is 12.6. The van der Waals surface area contributed by atoms with Crippen LogP contribution in [-0.2, 0) is 4.79 Å². The molecule has 0 saturated carbocycles. The van der Waals surface area contributed by atoms with Crippen molar-refractivity contribution in [3.05, 3.63) is 0 Å². The first-order chi connectivity index (χ1) is 8.06. The molecule has 0 aromatic carbocycles. The van der Waals surface area contributed by atoms with Gasteiger partial charge in [-0.1, -0.05) is 13.3 Å². The molecule has 0 bridgehead atoms. The third-order valence-electron chi connectivity index (χ3n) is 3.16. The quantitative estimate of drug-likeness (QED) is 0.688. The number of fused-ring (bicyclic) bond motifs is 1. The summed E-state index contributed by atoms with van der Waals surface area (Å²) in [7, 11) is 1.65. The number of likely N-dealkylation sites (N-methyl/N-ethyl adjacent to an activating group) is 1. The normalized spacial score (nSPS) is 28.0. The summed E-state index contributed by atoms with van der Waals surface area (Å²) in [5.74, 6) is -0.276. The van der Waals surface area contributed by atoms with Gasteiger partial charge < -0.3 is 15.1 Å². The summed E-state index contributed by atoms with van der Waals surface area (Å²) in [6.45, 7) is 2.82. The van der Waals surface area contributed by atoms with Crippen LogP contribution in [0.5, 0.6) is 0 Å². The SMILES string of the molecule is CCCCN1C(=S)NC2C1C(=O)NC(=O)N2C. The molecule has 7 heteroatoms. The minimum atomic E-state index is -0.406. The van der Waals surface area contributed by atoms with Crippen LogP contribution in [0, 0.1) is 0 Å². The van der Waals surface area contributed by atoms with Crippen molar-refractivity contribution in [1.29, 1.82) is 0 Å². The van der Waals surface area contributed by atoms with Gasteiger partial charge in [-0.15, -0.1) is 0 Å². The highest BCUT2D eigenvalue weighted by atomic mass is 32.1. The maximum atomic E-state index is 11.9. The predicted molar refractivity (Wildman–Crippen MR) is 66.2 cm³/mol. The second-order valence-corrected chi connectivity index (χ2v) is 4.68. The van der Waals surface area contributed by atoms with E-state index in [1.807, 2.05) is 4.90 Å². The number of hydrogen-bond donors (Lipinski definition) is 2. The predicted octanol–water partition coefficient (Wildman–Crippen LogP) is -0.147. The number of thiocarbonyl (C=S) groups is 1. The monoisotopic (exact) mass is 256 g/mol. The Morgan fingerprint density at radius 3 is 2.76 bits per heavy atom.